The first kappa shape index (κ1) is 14.3. The maximum absolute atomic E-state index is 11.2. The molecule has 5 heteroatoms. The summed E-state index contributed by atoms with van der Waals surface area (Å²) in [5, 5.41) is 0. The molecule has 4 N–H and O–H groups in total. The van der Waals surface area contributed by atoms with E-state index in [9.17, 15) is 4.79 Å². The number of nitrogen functional groups attached to an aromatic ring is 1. The maximum atomic E-state index is 11.2. The summed E-state index contributed by atoms with van der Waals surface area (Å²) in [6.07, 6.45) is 0. The van der Waals surface area contributed by atoms with Gasteiger partial charge in [-0.25, -0.2) is 0 Å². The number of nitrogens with zero attached hydrogens (tertiary/aromatic N) is 1. The van der Waals surface area contributed by atoms with E-state index in [0.717, 1.165) is 18.8 Å². The largest absolute Gasteiger partial charge is 0.397 e. The zero-order valence-corrected chi connectivity index (χ0v) is 11.0. The van der Waals surface area contributed by atoms with Gasteiger partial charge in [-0.2, -0.15) is 0 Å². The number of benzene rings is 1. The molecular weight excluding hydrogens is 230 g/mol. The predicted molar refractivity (Wildman–Crippen MR) is 73.8 cm³/mol. The monoisotopic (exact) mass is 251 g/mol. The first-order valence-electron chi connectivity index (χ1n) is 6.12. The molecule has 18 heavy (non-hydrogen) atoms. The molecule has 0 heterocycles. The average Bonchev–Trinajstić information content (AvgIpc) is 2.35. The van der Waals surface area contributed by atoms with Crippen LogP contribution in [0, 0.1) is 0 Å². The van der Waals surface area contributed by atoms with Crippen molar-refractivity contribution in [1.82, 2.24) is 0 Å². The van der Waals surface area contributed by atoms with Crippen molar-refractivity contribution in [2.75, 3.05) is 36.9 Å². The highest BCUT2D eigenvalue weighted by Gasteiger charge is 2.11. The Morgan fingerprint density at radius 3 is 2.67 bits per heavy atom. The lowest BCUT2D eigenvalue weighted by Crippen LogP contribution is -2.28. The molecule has 0 aromatic heterocycles. The first-order chi connectivity index (χ1) is 8.60. The third-order valence-corrected chi connectivity index (χ3v) is 2.75. The standard InChI is InChI=1S/C13H21N3O2/c1-3-16(7-8-18-4-2)12-9-10(13(15)17)5-6-11(12)14/h5-6,9H,3-4,7-8,14H2,1-2H3,(H2,15,17). The fourth-order valence-electron chi connectivity index (χ4n) is 1.74. The van der Waals surface area contributed by atoms with Crippen LogP contribution in [0.1, 0.15) is 24.2 Å². The van der Waals surface area contributed by atoms with Crippen LogP contribution in [0.3, 0.4) is 0 Å². The van der Waals surface area contributed by atoms with E-state index in [4.69, 9.17) is 16.2 Å². The minimum Gasteiger partial charge on any atom is -0.397 e. The number of nitrogens with two attached hydrogens (primary N) is 2. The molecule has 0 atom stereocenters. The first-order valence-corrected chi connectivity index (χ1v) is 6.12. The van der Waals surface area contributed by atoms with Gasteiger partial charge in [-0.1, -0.05) is 0 Å². The summed E-state index contributed by atoms with van der Waals surface area (Å²) >= 11 is 0. The van der Waals surface area contributed by atoms with Crippen molar-refractivity contribution in [1.29, 1.82) is 0 Å². The lowest BCUT2D eigenvalue weighted by Gasteiger charge is -2.24. The maximum Gasteiger partial charge on any atom is 0.248 e. The van der Waals surface area contributed by atoms with E-state index >= 15 is 0 Å². The second-order valence-corrected chi connectivity index (χ2v) is 3.91. The molecule has 1 amide bonds. The van der Waals surface area contributed by atoms with Crippen molar-refractivity contribution >= 4 is 17.3 Å². The van der Waals surface area contributed by atoms with Crippen LogP contribution >= 0.6 is 0 Å². The molecule has 0 aliphatic carbocycles. The van der Waals surface area contributed by atoms with Crippen LogP contribution < -0.4 is 16.4 Å². The van der Waals surface area contributed by atoms with Gasteiger partial charge in [0.05, 0.1) is 18.0 Å². The Balaban J connectivity index is 2.89. The van der Waals surface area contributed by atoms with Gasteiger partial charge >= 0.3 is 0 Å². The van der Waals surface area contributed by atoms with E-state index in [0.29, 0.717) is 24.5 Å². The molecule has 0 radical (unpaired) electrons. The van der Waals surface area contributed by atoms with Crippen LogP contribution in [0.2, 0.25) is 0 Å². The van der Waals surface area contributed by atoms with Gasteiger partial charge in [0.25, 0.3) is 0 Å². The van der Waals surface area contributed by atoms with Gasteiger partial charge in [0.15, 0.2) is 0 Å². The van der Waals surface area contributed by atoms with E-state index in [1.807, 2.05) is 13.8 Å². The number of hydrogen-bond acceptors (Lipinski definition) is 4. The molecule has 1 rings (SSSR count). The smallest absolute Gasteiger partial charge is 0.248 e. The van der Waals surface area contributed by atoms with Crippen LogP contribution in [-0.4, -0.2) is 32.2 Å². The molecule has 1 aromatic carbocycles. The summed E-state index contributed by atoms with van der Waals surface area (Å²) in [5.41, 5.74) is 13.1. The number of ether oxygens (including phenoxy) is 1. The van der Waals surface area contributed by atoms with Crippen molar-refractivity contribution in [2.45, 2.75) is 13.8 Å². The number of primary amides is 1. The number of carbonyl (C=O) groups excluding carboxylic acids is 1. The molecule has 0 aliphatic heterocycles. The summed E-state index contributed by atoms with van der Waals surface area (Å²) in [4.78, 5) is 13.2. The van der Waals surface area contributed by atoms with Gasteiger partial charge in [0, 0.05) is 25.3 Å². The number of amides is 1. The van der Waals surface area contributed by atoms with Crippen molar-refractivity contribution in [3.63, 3.8) is 0 Å². The molecule has 1 aromatic rings. The zero-order chi connectivity index (χ0) is 13.5. The lowest BCUT2D eigenvalue weighted by molar-refractivity contribution is 0.100. The van der Waals surface area contributed by atoms with Gasteiger partial charge in [0.1, 0.15) is 0 Å². The zero-order valence-electron chi connectivity index (χ0n) is 11.0. The van der Waals surface area contributed by atoms with Crippen LogP contribution in [0.25, 0.3) is 0 Å². The number of carbonyl (C=O) groups is 1. The van der Waals surface area contributed by atoms with E-state index < -0.39 is 5.91 Å². The normalized spacial score (nSPS) is 10.3. The van der Waals surface area contributed by atoms with Crippen LogP contribution in [0.5, 0.6) is 0 Å². The highest BCUT2D eigenvalue weighted by Crippen LogP contribution is 2.24. The molecule has 0 saturated heterocycles. The van der Waals surface area contributed by atoms with Crippen molar-refractivity contribution in [3.05, 3.63) is 23.8 Å². The van der Waals surface area contributed by atoms with E-state index in [1.54, 1.807) is 18.2 Å². The fourth-order valence-corrected chi connectivity index (χ4v) is 1.74. The highest BCUT2D eigenvalue weighted by molar-refractivity contribution is 5.95. The Bertz CT molecular complexity index is 407. The molecular formula is C13H21N3O2. The quantitative estimate of drug-likeness (QED) is 0.564. The molecule has 0 unspecified atom stereocenters. The predicted octanol–water partition coefficient (Wildman–Crippen LogP) is 1.23. The van der Waals surface area contributed by atoms with Gasteiger partial charge < -0.3 is 21.1 Å². The minimum atomic E-state index is -0.447. The topological polar surface area (TPSA) is 81.6 Å². The summed E-state index contributed by atoms with van der Waals surface area (Å²) < 4.78 is 5.33. The van der Waals surface area contributed by atoms with Gasteiger partial charge in [-0.05, 0) is 32.0 Å². The highest BCUT2D eigenvalue weighted by atomic mass is 16.5. The average molecular weight is 251 g/mol. The van der Waals surface area contributed by atoms with Crippen LogP contribution in [0.15, 0.2) is 18.2 Å². The van der Waals surface area contributed by atoms with Gasteiger partial charge in [-0.15, -0.1) is 0 Å². The van der Waals surface area contributed by atoms with Crippen molar-refractivity contribution in [2.24, 2.45) is 5.73 Å². The Morgan fingerprint density at radius 2 is 2.11 bits per heavy atom. The van der Waals surface area contributed by atoms with E-state index in [-0.39, 0.29) is 0 Å². The van der Waals surface area contributed by atoms with Crippen LogP contribution in [0.4, 0.5) is 11.4 Å². The van der Waals surface area contributed by atoms with Crippen molar-refractivity contribution in [3.8, 4) is 0 Å². The minimum absolute atomic E-state index is 0.447. The summed E-state index contributed by atoms with van der Waals surface area (Å²) in [7, 11) is 0. The summed E-state index contributed by atoms with van der Waals surface area (Å²) in [6.45, 7) is 6.83. The summed E-state index contributed by atoms with van der Waals surface area (Å²) in [6, 6.07) is 5.07. The number of likely N-dealkylation sites (N-methyl/N-ethyl adjacent to an activating group) is 1. The molecule has 0 saturated carbocycles. The molecule has 0 fully saturated rings. The Labute approximate surface area is 108 Å². The number of hydrogen-bond donors (Lipinski definition) is 2. The Hall–Kier alpha value is -1.75. The second kappa shape index (κ2) is 6.86. The fraction of sp³-hybridized carbons (Fsp3) is 0.462. The third kappa shape index (κ3) is 3.63. The van der Waals surface area contributed by atoms with Crippen molar-refractivity contribution < 1.29 is 9.53 Å². The number of anilines is 2. The Morgan fingerprint density at radius 1 is 1.39 bits per heavy atom. The lowest BCUT2D eigenvalue weighted by atomic mass is 10.1. The molecule has 0 bridgehead atoms. The van der Waals surface area contributed by atoms with Gasteiger partial charge in [0.2, 0.25) is 5.91 Å². The number of rotatable bonds is 7. The van der Waals surface area contributed by atoms with Gasteiger partial charge in [-0.3, -0.25) is 4.79 Å². The third-order valence-electron chi connectivity index (χ3n) is 2.75. The second-order valence-electron chi connectivity index (χ2n) is 3.91. The van der Waals surface area contributed by atoms with Crippen LogP contribution in [-0.2, 0) is 4.74 Å². The SMILES string of the molecule is CCOCCN(CC)c1cc(C(N)=O)ccc1N. The molecule has 0 spiro atoms. The molecule has 100 valence electrons. The Kier molecular flexibility index (Phi) is 5.45. The van der Waals surface area contributed by atoms with E-state index in [2.05, 4.69) is 4.90 Å². The summed E-state index contributed by atoms with van der Waals surface area (Å²) in [5.74, 6) is -0.447. The molecule has 0 aliphatic rings. The van der Waals surface area contributed by atoms with E-state index in [1.165, 1.54) is 0 Å². The molecule has 5 nitrogen and oxygen atoms in total.